The highest BCUT2D eigenvalue weighted by molar-refractivity contribution is 5.80. The van der Waals surface area contributed by atoms with E-state index in [4.69, 9.17) is 9.73 Å². The summed E-state index contributed by atoms with van der Waals surface area (Å²) in [4.78, 5) is 11.6. The van der Waals surface area contributed by atoms with Gasteiger partial charge in [0.1, 0.15) is 5.82 Å². The molecular weight excluding hydrogens is 326 g/mol. The van der Waals surface area contributed by atoms with E-state index >= 15 is 0 Å². The molecule has 2 N–H and O–H groups in total. The Bertz CT molecular complexity index is 593. The van der Waals surface area contributed by atoms with E-state index in [0.717, 1.165) is 76.9 Å². The van der Waals surface area contributed by atoms with Gasteiger partial charge in [0.15, 0.2) is 5.96 Å². The molecule has 0 spiro atoms. The number of nitrogens with one attached hydrogen (secondary N) is 2. The van der Waals surface area contributed by atoms with Crippen LogP contribution in [-0.2, 0) is 4.74 Å². The fourth-order valence-electron chi connectivity index (χ4n) is 3.41. The number of piperidine rings is 1. The highest BCUT2D eigenvalue weighted by Gasteiger charge is 2.20. The number of aromatic nitrogens is 1. The molecular formula is C20H31N5O. The van der Waals surface area contributed by atoms with Gasteiger partial charge >= 0.3 is 0 Å². The summed E-state index contributed by atoms with van der Waals surface area (Å²) in [6.07, 6.45) is 8.34. The van der Waals surface area contributed by atoms with E-state index in [2.05, 4.69) is 45.6 Å². The topological polar surface area (TPSA) is 61.8 Å². The molecule has 3 heterocycles. The maximum Gasteiger partial charge on any atom is 0.191 e. The van der Waals surface area contributed by atoms with E-state index in [1.54, 1.807) is 0 Å². The van der Waals surface area contributed by atoms with Gasteiger partial charge in [-0.05, 0) is 44.7 Å². The molecule has 0 amide bonds. The molecule has 6 heteroatoms. The lowest BCUT2D eigenvalue weighted by atomic mass is 10.1. The molecule has 0 aromatic carbocycles. The Labute approximate surface area is 156 Å². The maximum atomic E-state index is 5.36. The van der Waals surface area contributed by atoms with Crippen molar-refractivity contribution in [3.8, 4) is 0 Å². The van der Waals surface area contributed by atoms with Crippen molar-refractivity contribution in [1.82, 2.24) is 15.6 Å². The zero-order valence-corrected chi connectivity index (χ0v) is 15.8. The Hall–Kier alpha value is -2.08. The highest BCUT2D eigenvalue weighted by atomic mass is 16.5. The van der Waals surface area contributed by atoms with Crippen molar-refractivity contribution >= 4 is 11.8 Å². The number of hydrogen-bond donors (Lipinski definition) is 2. The second kappa shape index (κ2) is 10.2. The van der Waals surface area contributed by atoms with E-state index in [0.29, 0.717) is 6.04 Å². The van der Waals surface area contributed by atoms with Crippen LogP contribution < -0.4 is 15.5 Å². The molecule has 0 bridgehead atoms. The number of ether oxygens (including phenoxy) is 1. The van der Waals surface area contributed by atoms with E-state index in [-0.39, 0.29) is 0 Å². The van der Waals surface area contributed by atoms with Gasteiger partial charge in [0.05, 0.1) is 13.2 Å². The van der Waals surface area contributed by atoms with Gasteiger partial charge in [-0.15, -0.1) is 0 Å². The normalized spacial score (nSPS) is 19.2. The van der Waals surface area contributed by atoms with Crippen molar-refractivity contribution in [2.75, 3.05) is 44.3 Å². The quantitative estimate of drug-likeness (QED) is 0.465. The average molecular weight is 358 g/mol. The zero-order valence-electron chi connectivity index (χ0n) is 15.8. The molecule has 1 aromatic rings. The molecule has 6 nitrogen and oxygen atoms in total. The average Bonchev–Trinajstić information content (AvgIpc) is 2.70. The summed E-state index contributed by atoms with van der Waals surface area (Å²) >= 11 is 0. The van der Waals surface area contributed by atoms with Gasteiger partial charge in [-0.25, -0.2) is 4.98 Å². The molecule has 26 heavy (non-hydrogen) atoms. The fourth-order valence-corrected chi connectivity index (χ4v) is 3.41. The highest BCUT2D eigenvalue weighted by Crippen LogP contribution is 2.17. The number of anilines is 1. The number of nitrogens with zero attached hydrogens (tertiary/aromatic N) is 3. The SMILES string of the molecule is CCNC(=NCCC1=CCOCC1)NC1CCN(c2ccccn2)CC1. The van der Waals surface area contributed by atoms with Crippen LogP contribution in [0.25, 0.3) is 0 Å². The van der Waals surface area contributed by atoms with E-state index in [9.17, 15) is 0 Å². The number of guanidine groups is 1. The second-order valence-electron chi connectivity index (χ2n) is 6.79. The third kappa shape index (κ3) is 5.73. The van der Waals surface area contributed by atoms with E-state index < -0.39 is 0 Å². The van der Waals surface area contributed by atoms with Crippen LogP contribution >= 0.6 is 0 Å². The number of aliphatic imine (C=N–C) groups is 1. The van der Waals surface area contributed by atoms with Crippen molar-refractivity contribution in [1.29, 1.82) is 0 Å². The fraction of sp³-hybridized carbons (Fsp3) is 0.600. The smallest absolute Gasteiger partial charge is 0.191 e. The molecule has 0 saturated carbocycles. The standard InChI is InChI=1S/C20H31N5O/c1-2-21-20(23-12-6-17-9-15-26-16-10-17)24-18-7-13-25(14-8-18)19-5-3-4-11-22-19/h3-5,9,11,18H,2,6-8,10,12-16H2,1H3,(H2,21,23,24). The Morgan fingerprint density at radius 3 is 2.92 bits per heavy atom. The summed E-state index contributed by atoms with van der Waals surface area (Å²) in [5.41, 5.74) is 1.47. The molecule has 2 aliphatic rings. The van der Waals surface area contributed by atoms with Crippen molar-refractivity contribution in [2.24, 2.45) is 4.99 Å². The summed E-state index contributed by atoms with van der Waals surface area (Å²) in [5.74, 6) is 2.02. The van der Waals surface area contributed by atoms with Crippen LogP contribution in [0.3, 0.4) is 0 Å². The third-order valence-corrected chi connectivity index (χ3v) is 4.91. The Balaban J connectivity index is 1.45. The van der Waals surface area contributed by atoms with Crippen LogP contribution in [0.2, 0.25) is 0 Å². The first-order valence-corrected chi connectivity index (χ1v) is 9.81. The van der Waals surface area contributed by atoms with Gasteiger partial charge in [-0.3, -0.25) is 4.99 Å². The first-order chi connectivity index (χ1) is 12.8. The minimum absolute atomic E-state index is 0.468. The Morgan fingerprint density at radius 2 is 2.23 bits per heavy atom. The third-order valence-electron chi connectivity index (χ3n) is 4.91. The van der Waals surface area contributed by atoms with E-state index in [1.807, 2.05) is 12.3 Å². The van der Waals surface area contributed by atoms with Gasteiger partial charge < -0.3 is 20.3 Å². The summed E-state index contributed by atoms with van der Waals surface area (Å²) < 4.78 is 5.36. The predicted molar refractivity (Wildman–Crippen MR) is 107 cm³/mol. The monoisotopic (exact) mass is 357 g/mol. The first-order valence-electron chi connectivity index (χ1n) is 9.81. The predicted octanol–water partition coefficient (Wildman–Crippen LogP) is 2.34. The van der Waals surface area contributed by atoms with Crippen LogP contribution in [0.15, 0.2) is 41.0 Å². The Kier molecular flexibility index (Phi) is 7.31. The molecule has 0 unspecified atom stereocenters. The van der Waals surface area contributed by atoms with Crippen molar-refractivity contribution in [2.45, 2.75) is 38.6 Å². The minimum atomic E-state index is 0.468. The second-order valence-corrected chi connectivity index (χ2v) is 6.79. The molecule has 0 atom stereocenters. The Morgan fingerprint density at radius 1 is 1.35 bits per heavy atom. The number of pyridine rings is 1. The van der Waals surface area contributed by atoms with Crippen LogP contribution in [0, 0.1) is 0 Å². The van der Waals surface area contributed by atoms with Gasteiger partial charge in [0, 0.05) is 38.4 Å². The van der Waals surface area contributed by atoms with Gasteiger partial charge in [-0.2, -0.15) is 0 Å². The van der Waals surface area contributed by atoms with Crippen LogP contribution in [-0.4, -0.2) is 56.4 Å². The van der Waals surface area contributed by atoms with Crippen molar-refractivity contribution < 1.29 is 4.74 Å². The first kappa shape index (κ1) is 18.7. The lowest BCUT2D eigenvalue weighted by Crippen LogP contribution is -2.49. The van der Waals surface area contributed by atoms with Crippen molar-refractivity contribution in [3.63, 3.8) is 0 Å². The lowest BCUT2D eigenvalue weighted by Gasteiger charge is -2.33. The minimum Gasteiger partial charge on any atom is -0.377 e. The van der Waals surface area contributed by atoms with Crippen LogP contribution in [0.5, 0.6) is 0 Å². The largest absolute Gasteiger partial charge is 0.377 e. The molecule has 142 valence electrons. The van der Waals surface area contributed by atoms with E-state index in [1.165, 1.54) is 5.57 Å². The summed E-state index contributed by atoms with van der Waals surface area (Å²) in [5, 5.41) is 6.99. The number of hydrogen-bond acceptors (Lipinski definition) is 4. The van der Waals surface area contributed by atoms with Gasteiger partial charge in [0.25, 0.3) is 0 Å². The molecule has 1 fully saturated rings. The summed E-state index contributed by atoms with van der Waals surface area (Å²) in [6.45, 7) is 7.49. The summed E-state index contributed by atoms with van der Waals surface area (Å²) in [7, 11) is 0. The number of rotatable bonds is 6. The summed E-state index contributed by atoms with van der Waals surface area (Å²) in [6, 6.07) is 6.57. The lowest BCUT2D eigenvalue weighted by molar-refractivity contribution is 0.153. The molecule has 2 aliphatic heterocycles. The molecule has 0 aliphatic carbocycles. The molecule has 3 rings (SSSR count). The van der Waals surface area contributed by atoms with Gasteiger partial charge in [-0.1, -0.05) is 17.7 Å². The van der Waals surface area contributed by atoms with Crippen molar-refractivity contribution in [3.05, 3.63) is 36.0 Å². The molecule has 0 radical (unpaired) electrons. The van der Waals surface area contributed by atoms with Gasteiger partial charge in [0.2, 0.25) is 0 Å². The zero-order chi connectivity index (χ0) is 18.0. The maximum absolute atomic E-state index is 5.36. The van der Waals surface area contributed by atoms with Crippen LogP contribution in [0.4, 0.5) is 5.82 Å². The van der Waals surface area contributed by atoms with Crippen LogP contribution in [0.1, 0.15) is 32.6 Å². The molecule has 1 saturated heterocycles. The molecule has 1 aromatic heterocycles.